The molecule has 3 N–H and O–H groups in total. The van der Waals surface area contributed by atoms with E-state index in [1.54, 1.807) is 20.8 Å². The highest BCUT2D eigenvalue weighted by atomic mass is 16.8. The van der Waals surface area contributed by atoms with Crippen LogP contribution < -0.4 is 0 Å². The summed E-state index contributed by atoms with van der Waals surface area (Å²) in [5.41, 5.74) is -1.42. The molecule has 4 aliphatic heterocycles. The molecule has 3 saturated heterocycles. The SMILES string of the molecule is CO[C@@H]1[C@@H](O[C@@H]2O[C@H](C)[C@@H](O[C@H]3C[C@@](C)(O)[C@@H](O)[C@H](C)O3)[C@H](N(C)C)[C@H]2C)[C@@H](CC=O)C[C@@H](C)[C@@H](O[C@@H]2CC[C@H](N(C)C)[C@@H](C)O2)/C=C/C=C\C[C@@H](C)OC(=O)O[C@H]1O. The number of carbonyl (C=O) groups excluding carboxylic acids is 2. The number of allylic oxidation sites excluding steroid dienone is 2. The molecule has 0 aromatic carbocycles. The first-order valence-corrected chi connectivity index (χ1v) is 21.3. The van der Waals surface area contributed by atoms with Crippen LogP contribution in [0.1, 0.15) is 87.0 Å². The number of cyclic esters (lactones) is 2. The van der Waals surface area contributed by atoms with Crippen LogP contribution in [0.2, 0.25) is 0 Å². The fraction of sp³-hybridized carbons (Fsp3) is 0.860. The number of aliphatic hydroxyl groups is 3. The Morgan fingerprint density at radius 1 is 0.847 bits per heavy atom. The van der Waals surface area contributed by atoms with E-state index < -0.39 is 91.7 Å². The summed E-state index contributed by atoms with van der Waals surface area (Å²) in [5, 5.41) is 32.9. The zero-order valence-corrected chi connectivity index (χ0v) is 37.2. The largest absolute Gasteiger partial charge is 0.510 e. The summed E-state index contributed by atoms with van der Waals surface area (Å²) in [7, 11) is 9.31. The van der Waals surface area contributed by atoms with Crippen molar-refractivity contribution in [1.82, 2.24) is 9.80 Å². The van der Waals surface area contributed by atoms with Gasteiger partial charge in [0.15, 0.2) is 18.9 Å². The van der Waals surface area contributed by atoms with Crippen molar-refractivity contribution in [3.05, 3.63) is 24.3 Å². The van der Waals surface area contributed by atoms with Gasteiger partial charge in [0.2, 0.25) is 6.29 Å². The molecule has 3 fully saturated rings. The van der Waals surface area contributed by atoms with Crippen LogP contribution in [0.5, 0.6) is 0 Å². The molecule has 0 aromatic rings. The zero-order valence-electron chi connectivity index (χ0n) is 37.2. The summed E-state index contributed by atoms with van der Waals surface area (Å²) in [5.74, 6) is -1.16. The van der Waals surface area contributed by atoms with Crippen molar-refractivity contribution < 1.29 is 67.5 Å². The molecule has 0 aromatic heterocycles. The zero-order chi connectivity index (χ0) is 43.8. The Morgan fingerprint density at radius 3 is 2.15 bits per heavy atom. The summed E-state index contributed by atoms with van der Waals surface area (Å²) in [4.78, 5) is 29.6. The fourth-order valence-electron chi connectivity index (χ4n) is 9.16. The third-order valence-corrected chi connectivity index (χ3v) is 12.4. The van der Waals surface area contributed by atoms with E-state index >= 15 is 0 Å². The van der Waals surface area contributed by atoms with Gasteiger partial charge in [-0.1, -0.05) is 38.2 Å². The maximum atomic E-state index is 12.9. The van der Waals surface area contributed by atoms with Gasteiger partial charge in [-0.05, 0) is 93.9 Å². The first kappa shape index (κ1) is 49.6. The minimum absolute atomic E-state index is 0.0172. The summed E-state index contributed by atoms with van der Waals surface area (Å²) >= 11 is 0. The molecule has 0 amide bonds. The number of methoxy groups -OCH3 is 1. The fourth-order valence-corrected chi connectivity index (χ4v) is 9.16. The maximum absolute atomic E-state index is 12.9. The quantitative estimate of drug-likeness (QED) is 0.202. The van der Waals surface area contributed by atoms with Crippen molar-refractivity contribution >= 4 is 12.4 Å². The monoisotopic (exact) mass is 843 g/mol. The van der Waals surface area contributed by atoms with E-state index in [1.807, 2.05) is 78.2 Å². The van der Waals surface area contributed by atoms with Crippen LogP contribution in [0.4, 0.5) is 4.79 Å². The molecule has 0 bridgehead atoms. The normalized spacial score (nSPS) is 45.7. The Bertz CT molecular complexity index is 1370. The van der Waals surface area contributed by atoms with Gasteiger partial charge >= 0.3 is 6.16 Å². The summed E-state index contributed by atoms with van der Waals surface area (Å²) in [6.45, 7) is 12.9. The Hall–Kier alpha value is -2.06. The average Bonchev–Trinajstić information content (AvgIpc) is 3.13. The van der Waals surface area contributed by atoms with Crippen molar-refractivity contribution in [3.8, 4) is 0 Å². The van der Waals surface area contributed by atoms with Gasteiger partial charge in [-0.2, -0.15) is 0 Å². The van der Waals surface area contributed by atoms with Crippen LogP contribution in [0.25, 0.3) is 0 Å². The molecular formula is C43H74N2O14. The van der Waals surface area contributed by atoms with E-state index in [4.69, 9.17) is 42.6 Å². The van der Waals surface area contributed by atoms with Crippen LogP contribution in [0.15, 0.2) is 24.3 Å². The summed E-state index contributed by atoms with van der Waals surface area (Å²) in [6, 6.07) is -0.0438. The van der Waals surface area contributed by atoms with Crippen LogP contribution >= 0.6 is 0 Å². The molecule has 4 rings (SSSR count). The molecule has 0 aliphatic carbocycles. The van der Waals surface area contributed by atoms with E-state index in [9.17, 15) is 24.9 Å². The lowest BCUT2D eigenvalue weighted by Gasteiger charge is -2.50. The van der Waals surface area contributed by atoms with E-state index in [0.717, 1.165) is 12.7 Å². The summed E-state index contributed by atoms with van der Waals surface area (Å²) < 4.78 is 55.8. The first-order valence-electron chi connectivity index (χ1n) is 21.3. The molecule has 16 nitrogen and oxygen atoms in total. The molecule has 19 atom stereocenters. The van der Waals surface area contributed by atoms with Gasteiger partial charge in [0, 0.05) is 44.4 Å². The van der Waals surface area contributed by atoms with Crippen molar-refractivity contribution in [2.45, 2.75) is 185 Å². The van der Waals surface area contributed by atoms with Gasteiger partial charge in [-0.25, -0.2) is 4.79 Å². The number of rotatable bonds is 11. The molecule has 0 spiro atoms. The van der Waals surface area contributed by atoms with Crippen LogP contribution in [0.3, 0.4) is 0 Å². The number of ether oxygens (including phenoxy) is 9. The molecule has 0 saturated carbocycles. The first-order chi connectivity index (χ1) is 27.8. The molecular weight excluding hydrogens is 768 g/mol. The van der Waals surface area contributed by atoms with Gasteiger partial charge in [-0.3, -0.25) is 0 Å². The lowest BCUT2D eigenvalue weighted by Crippen LogP contribution is -2.63. The smallest absolute Gasteiger partial charge is 0.431 e. The van der Waals surface area contributed by atoms with Crippen molar-refractivity contribution in [1.29, 1.82) is 0 Å². The maximum Gasteiger partial charge on any atom is 0.510 e. The van der Waals surface area contributed by atoms with Gasteiger partial charge in [0.05, 0.1) is 36.1 Å². The second kappa shape index (κ2) is 22.3. The molecule has 340 valence electrons. The average molecular weight is 843 g/mol. The Kier molecular flexibility index (Phi) is 18.8. The number of carbonyl (C=O) groups is 2. The number of aldehydes is 1. The summed E-state index contributed by atoms with van der Waals surface area (Å²) in [6.07, 6.45) is -0.431. The Balaban J connectivity index is 1.66. The number of aliphatic hydroxyl groups excluding tert-OH is 2. The van der Waals surface area contributed by atoms with Gasteiger partial charge < -0.3 is 72.5 Å². The van der Waals surface area contributed by atoms with Gasteiger partial charge in [0.1, 0.15) is 30.7 Å². The number of hydrogen-bond donors (Lipinski definition) is 3. The second-order valence-electron chi connectivity index (χ2n) is 17.8. The Morgan fingerprint density at radius 2 is 1.54 bits per heavy atom. The number of nitrogens with zero attached hydrogens (tertiary/aromatic N) is 2. The molecule has 59 heavy (non-hydrogen) atoms. The third kappa shape index (κ3) is 13.2. The lowest BCUT2D eigenvalue weighted by atomic mass is 9.83. The van der Waals surface area contributed by atoms with Crippen molar-refractivity contribution in [2.75, 3.05) is 35.3 Å². The van der Waals surface area contributed by atoms with Crippen molar-refractivity contribution in [3.63, 3.8) is 0 Å². The molecule has 4 aliphatic rings. The molecule has 0 unspecified atom stereocenters. The van der Waals surface area contributed by atoms with E-state index in [2.05, 4.69) is 11.8 Å². The van der Waals surface area contributed by atoms with Gasteiger partial charge in [0.25, 0.3) is 0 Å². The highest BCUT2D eigenvalue weighted by Gasteiger charge is 2.51. The second-order valence-corrected chi connectivity index (χ2v) is 17.8. The number of hydrogen-bond acceptors (Lipinski definition) is 16. The third-order valence-electron chi connectivity index (χ3n) is 12.4. The minimum Gasteiger partial charge on any atom is -0.431 e. The van der Waals surface area contributed by atoms with E-state index in [0.29, 0.717) is 19.3 Å². The molecule has 16 heteroatoms. The minimum atomic E-state index is -1.84. The lowest BCUT2D eigenvalue weighted by molar-refractivity contribution is -0.337. The Labute approximate surface area is 351 Å². The molecule has 4 heterocycles. The van der Waals surface area contributed by atoms with Crippen molar-refractivity contribution in [2.24, 2.45) is 17.8 Å². The molecule has 0 radical (unpaired) electrons. The van der Waals surface area contributed by atoms with Crippen LogP contribution in [-0.4, -0.2) is 171 Å². The standard InChI is InChI=1S/C43H74N2O14/c1-24-22-30(20-21-46)37(58-41-26(3)35(45(10)11)36(28(5)55-41)57-34-23-43(7,50)39(47)29(6)54-34)38(51-12)40(48)59-42(49)52-25(2)16-14-13-15-17-32(24)56-33-19-18-31(44(8)9)27(4)53-33/h13-15,17,21,24-41,47-48,50H,16,18-20,22-23H2,1-12H3/b14-13-,17-15+/t24-,25-,26-,27-,28-,29+,30+,31+,32+,33-,34+,35-,36-,37+,38-,39+,40-,41+,43-/m1/s1. The highest BCUT2D eigenvalue weighted by Crippen LogP contribution is 2.39. The van der Waals surface area contributed by atoms with E-state index in [1.165, 1.54) is 7.11 Å². The number of likely N-dealkylation sites (N-methyl/N-ethyl adjacent to an activating group) is 2. The predicted molar refractivity (Wildman–Crippen MR) is 217 cm³/mol. The van der Waals surface area contributed by atoms with Crippen LogP contribution in [-0.2, 0) is 47.4 Å². The van der Waals surface area contributed by atoms with E-state index in [-0.39, 0.29) is 42.9 Å². The highest BCUT2D eigenvalue weighted by molar-refractivity contribution is 5.60. The predicted octanol–water partition coefficient (Wildman–Crippen LogP) is 3.78. The van der Waals surface area contributed by atoms with Crippen LogP contribution in [0, 0.1) is 17.8 Å². The van der Waals surface area contributed by atoms with Gasteiger partial charge in [-0.15, -0.1) is 0 Å². The topological polar surface area (TPSA) is 184 Å².